The van der Waals surface area contributed by atoms with Crippen LogP contribution in [0.2, 0.25) is 5.02 Å². The summed E-state index contributed by atoms with van der Waals surface area (Å²) >= 11 is 6.10. The quantitative estimate of drug-likeness (QED) is 0.533. The maximum atomic E-state index is 11.9. The van der Waals surface area contributed by atoms with E-state index in [1.54, 1.807) is 18.2 Å². The van der Waals surface area contributed by atoms with Gasteiger partial charge in [-0.15, -0.1) is 0 Å². The largest absolute Gasteiger partial charge is 0.493 e. The molecule has 0 amide bonds. The zero-order chi connectivity index (χ0) is 22.1. The lowest BCUT2D eigenvalue weighted by Crippen LogP contribution is -2.57. The molecule has 1 aromatic heterocycles. The Morgan fingerprint density at radius 2 is 2.06 bits per heavy atom. The molecule has 0 unspecified atom stereocenters. The predicted octanol–water partition coefficient (Wildman–Crippen LogP) is 4.25. The van der Waals surface area contributed by atoms with Crippen LogP contribution in [0, 0.1) is 5.92 Å². The van der Waals surface area contributed by atoms with Gasteiger partial charge in [-0.3, -0.25) is 4.90 Å². The lowest BCUT2D eigenvalue weighted by atomic mass is 9.91. The number of para-hydroxylation sites is 1. The first-order chi connectivity index (χ1) is 15.6. The predicted molar refractivity (Wildman–Crippen MR) is 123 cm³/mol. The molecule has 168 valence electrons. The van der Waals surface area contributed by atoms with Crippen LogP contribution in [0.15, 0.2) is 47.0 Å². The molecule has 0 N–H and O–H groups in total. The summed E-state index contributed by atoms with van der Waals surface area (Å²) in [6.45, 7) is 4.51. The van der Waals surface area contributed by atoms with Crippen molar-refractivity contribution in [3.05, 3.63) is 53.1 Å². The van der Waals surface area contributed by atoms with Crippen LogP contribution in [0.25, 0.3) is 11.0 Å². The minimum absolute atomic E-state index is 0.326. The molecule has 0 radical (unpaired) electrons. The van der Waals surface area contributed by atoms with Gasteiger partial charge in [-0.05, 0) is 43.2 Å². The highest BCUT2D eigenvalue weighted by atomic mass is 35.5. The fourth-order valence-electron chi connectivity index (χ4n) is 4.76. The van der Waals surface area contributed by atoms with Gasteiger partial charge in [-0.1, -0.05) is 28.9 Å². The van der Waals surface area contributed by atoms with Crippen LogP contribution in [0.4, 0.5) is 5.82 Å². The van der Waals surface area contributed by atoms with E-state index in [-0.39, 0.29) is 0 Å². The number of fused-ring (bicyclic) bond motifs is 2. The number of aromatic nitrogens is 1. The number of nitrogens with zero attached hydrogens (tertiary/aromatic N) is 3. The number of esters is 1. The van der Waals surface area contributed by atoms with Crippen LogP contribution in [-0.2, 0) is 4.74 Å². The van der Waals surface area contributed by atoms with E-state index in [4.69, 9.17) is 25.6 Å². The van der Waals surface area contributed by atoms with Crippen molar-refractivity contribution in [2.45, 2.75) is 18.9 Å². The number of methoxy groups -OCH3 is 1. The first-order valence-electron chi connectivity index (χ1n) is 11.0. The van der Waals surface area contributed by atoms with Gasteiger partial charge in [-0.25, -0.2) is 4.79 Å². The van der Waals surface area contributed by atoms with Gasteiger partial charge in [0.05, 0.1) is 29.7 Å². The third-order valence-electron chi connectivity index (χ3n) is 6.49. The highest BCUT2D eigenvalue weighted by Gasteiger charge is 2.34. The molecule has 7 nitrogen and oxygen atoms in total. The van der Waals surface area contributed by atoms with Crippen molar-refractivity contribution in [2.75, 3.05) is 44.8 Å². The number of carbonyl (C=O) groups excluding carboxylic acids is 1. The van der Waals surface area contributed by atoms with E-state index in [2.05, 4.69) is 21.0 Å². The smallest absolute Gasteiger partial charge is 0.339 e. The van der Waals surface area contributed by atoms with Crippen LogP contribution < -0.4 is 9.64 Å². The van der Waals surface area contributed by atoms with E-state index >= 15 is 0 Å². The van der Waals surface area contributed by atoms with Crippen molar-refractivity contribution in [1.82, 2.24) is 10.1 Å². The van der Waals surface area contributed by atoms with Crippen molar-refractivity contribution in [3.63, 3.8) is 0 Å². The van der Waals surface area contributed by atoms with Crippen LogP contribution in [0.1, 0.15) is 23.2 Å². The summed E-state index contributed by atoms with van der Waals surface area (Å²) in [5.41, 5.74) is 1.16. The number of benzene rings is 2. The highest BCUT2D eigenvalue weighted by Crippen LogP contribution is 2.31. The van der Waals surface area contributed by atoms with Crippen LogP contribution in [0.3, 0.4) is 0 Å². The SMILES string of the molecule is COC(=O)c1cc(OC[C@H]2CC[C@H]3CN(c4noc5ccccc45)CCN3C2)ccc1Cl. The van der Waals surface area contributed by atoms with Crippen molar-refractivity contribution in [1.29, 1.82) is 0 Å². The first kappa shape index (κ1) is 21.1. The molecule has 2 saturated heterocycles. The van der Waals surface area contributed by atoms with Gasteiger partial charge in [0.2, 0.25) is 0 Å². The number of piperazine rings is 1. The minimum atomic E-state index is -0.460. The van der Waals surface area contributed by atoms with Gasteiger partial charge in [0, 0.05) is 38.1 Å². The topological polar surface area (TPSA) is 68.0 Å². The molecular weight excluding hydrogens is 430 g/mol. The average Bonchev–Trinajstić information content (AvgIpc) is 3.27. The Morgan fingerprint density at radius 3 is 2.94 bits per heavy atom. The molecule has 3 aromatic rings. The van der Waals surface area contributed by atoms with Crippen molar-refractivity contribution >= 4 is 34.4 Å². The monoisotopic (exact) mass is 455 g/mol. The normalized spacial score (nSPS) is 21.4. The van der Waals surface area contributed by atoms with Gasteiger partial charge in [0.25, 0.3) is 0 Å². The van der Waals surface area contributed by atoms with E-state index in [1.807, 2.05) is 18.2 Å². The Bertz CT molecular complexity index is 1120. The van der Waals surface area contributed by atoms with Crippen LogP contribution >= 0.6 is 11.6 Å². The summed E-state index contributed by atoms with van der Waals surface area (Å²) < 4.78 is 16.3. The zero-order valence-corrected chi connectivity index (χ0v) is 18.8. The molecule has 2 fully saturated rings. The molecular formula is C24H26ClN3O4. The van der Waals surface area contributed by atoms with E-state index in [9.17, 15) is 4.79 Å². The minimum Gasteiger partial charge on any atom is -0.493 e. The standard InChI is InChI=1S/C24H26ClN3O4/c1-30-24(29)20-12-18(8-9-21(20)25)31-15-16-6-7-17-14-28(11-10-27(17)13-16)23-19-4-2-3-5-22(19)32-26-23/h2-5,8-9,12,16-17H,6-7,10-11,13-15H2,1H3/t16-,17-/m0/s1. The van der Waals surface area contributed by atoms with Crippen molar-refractivity contribution in [3.8, 4) is 5.75 Å². The van der Waals surface area contributed by atoms with E-state index < -0.39 is 5.97 Å². The van der Waals surface area contributed by atoms with Crippen molar-refractivity contribution in [2.24, 2.45) is 5.92 Å². The van der Waals surface area contributed by atoms with Gasteiger partial charge in [-0.2, -0.15) is 0 Å². The second-order valence-corrected chi connectivity index (χ2v) is 8.89. The number of halogens is 1. The summed E-state index contributed by atoms with van der Waals surface area (Å²) in [6, 6.07) is 13.7. The molecule has 0 bridgehead atoms. The third kappa shape index (κ3) is 4.14. The van der Waals surface area contributed by atoms with Gasteiger partial charge in [0.1, 0.15) is 5.75 Å². The summed E-state index contributed by atoms with van der Waals surface area (Å²) in [4.78, 5) is 16.8. The van der Waals surface area contributed by atoms with E-state index in [0.717, 1.165) is 55.8 Å². The van der Waals surface area contributed by atoms with Gasteiger partial charge < -0.3 is 18.9 Å². The lowest BCUT2D eigenvalue weighted by molar-refractivity contribution is 0.0599. The molecule has 2 aliphatic rings. The summed E-state index contributed by atoms with van der Waals surface area (Å²) in [7, 11) is 1.34. The highest BCUT2D eigenvalue weighted by molar-refractivity contribution is 6.33. The summed E-state index contributed by atoms with van der Waals surface area (Å²) in [5.74, 6) is 1.58. The first-order valence-corrected chi connectivity index (χ1v) is 11.3. The number of ether oxygens (including phenoxy) is 2. The Hall–Kier alpha value is -2.77. The molecule has 0 saturated carbocycles. The number of anilines is 1. The summed E-state index contributed by atoms with van der Waals surface area (Å²) in [6.07, 6.45) is 2.22. The van der Waals surface area contributed by atoms with Crippen LogP contribution in [0.5, 0.6) is 5.75 Å². The molecule has 5 rings (SSSR count). The lowest BCUT2D eigenvalue weighted by Gasteiger charge is -2.46. The second-order valence-electron chi connectivity index (χ2n) is 8.48. The molecule has 2 aliphatic heterocycles. The Morgan fingerprint density at radius 1 is 1.19 bits per heavy atom. The fraction of sp³-hybridized carbons (Fsp3) is 0.417. The van der Waals surface area contributed by atoms with Gasteiger partial charge in [0.15, 0.2) is 11.4 Å². The third-order valence-corrected chi connectivity index (χ3v) is 6.82. The molecule has 3 heterocycles. The van der Waals surface area contributed by atoms with Gasteiger partial charge >= 0.3 is 5.97 Å². The summed E-state index contributed by atoms with van der Waals surface area (Å²) in [5, 5.41) is 5.78. The fourth-order valence-corrected chi connectivity index (χ4v) is 4.96. The van der Waals surface area contributed by atoms with Crippen molar-refractivity contribution < 1.29 is 18.8 Å². The zero-order valence-electron chi connectivity index (χ0n) is 18.0. The maximum absolute atomic E-state index is 11.9. The Balaban J connectivity index is 1.18. The molecule has 8 heteroatoms. The average molecular weight is 456 g/mol. The Labute approximate surface area is 191 Å². The van der Waals surface area contributed by atoms with Crippen LogP contribution in [-0.4, -0.2) is 62.0 Å². The van der Waals surface area contributed by atoms with E-state index in [1.165, 1.54) is 7.11 Å². The molecule has 32 heavy (non-hydrogen) atoms. The molecule has 0 aliphatic carbocycles. The molecule has 2 aromatic carbocycles. The second kappa shape index (κ2) is 9.00. The number of rotatable bonds is 5. The van der Waals surface area contributed by atoms with E-state index in [0.29, 0.717) is 34.9 Å². The number of hydrogen-bond donors (Lipinski definition) is 0. The maximum Gasteiger partial charge on any atom is 0.339 e. The number of piperidine rings is 1. The Kier molecular flexibility index (Phi) is 5.93. The number of hydrogen-bond acceptors (Lipinski definition) is 7. The number of carbonyl (C=O) groups is 1. The molecule has 0 spiro atoms. The molecule has 2 atom stereocenters.